The molecule has 3 heterocycles. The van der Waals surface area contributed by atoms with Crippen LogP contribution >= 0.6 is 0 Å². The van der Waals surface area contributed by atoms with E-state index in [4.69, 9.17) is 5.26 Å². The molecule has 0 unspecified atom stereocenters. The van der Waals surface area contributed by atoms with E-state index >= 15 is 0 Å². The first-order valence-electron chi connectivity index (χ1n) is 8.17. The minimum absolute atomic E-state index is 0.0207. The molecule has 2 aromatic rings. The Hall–Kier alpha value is -2.68. The summed E-state index contributed by atoms with van der Waals surface area (Å²) in [4.78, 5) is 8.68. The summed E-state index contributed by atoms with van der Waals surface area (Å²) in [5.41, 5.74) is 2.54. The third kappa shape index (κ3) is 3.46. The summed E-state index contributed by atoms with van der Waals surface area (Å²) >= 11 is 0. The maximum Gasteiger partial charge on any atom is 0.151 e. The molecule has 0 N–H and O–H groups in total. The van der Waals surface area contributed by atoms with Crippen molar-refractivity contribution in [2.24, 2.45) is 0 Å². The smallest absolute Gasteiger partial charge is 0.151 e. The third-order valence-electron chi connectivity index (χ3n) is 4.25. The standard InChI is InChI=1S/C18H22N6/c1-18(2,3)16-6-7-17(22-21-16)24-10-8-23(9-11-24)15-5-4-14(12-19)20-13-15/h4-7,13H,8-11H2,1-3H3. The van der Waals surface area contributed by atoms with E-state index in [0.29, 0.717) is 5.69 Å². The molecule has 2 aromatic heterocycles. The number of aromatic nitrogens is 3. The highest BCUT2D eigenvalue weighted by molar-refractivity contribution is 5.49. The average molecular weight is 322 g/mol. The van der Waals surface area contributed by atoms with E-state index in [1.165, 1.54) is 0 Å². The van der Waals surface area contributed by atoms with E-state index in [1.54, 1.807) is 12.3 Å². The highest BCUT2D eigenvalue weighted by Gasteiger charge is 2.20. The zero-order valence-electron chi connectivity index (χ0n) is 14.4. The lowest BCUT2D eigenvalue weighted by molar-refractivity contribution is 0.556. The fraction of sp³-hybridized carbons (Fsp3) is 0.444. The van der Waals surface area contributed by atoms with Crippen molar-refractivity contribution < 1.29 is 0 Å². The van der Waals surface area contributed by atoms with Gasteiger partial charge in [-0.05, 0) is 24.3 Å². The van der Waals surface area contributed by atoms with Crippen LogP contribution < -0.4 is 9.80 Å². The van der Waals surface area contributed by atoms with Gasteiger partial charge >= 0.3 is 0 Å². The minimum atomic E-state index is 0.0207. The second-order valence-corrected chi connectivity index (χ2v) is 7.01. The Bertz CT molecular complexity index is 716. The predicted molar refractivity (Wildman–Crippen MR) is 94.1 cm³/mol. The van der Waals surface area contributed by atoms with Crippen LogP contribution in [0.3, 0.4) is 0 Å². The van der Waals surface area contributed by atoms with E-state index < -0.39 is 0 Å². The van der Waals surface area contributed by atoms with E-state index in [1.807, 2.05) is 12.1 Å². The summed E-state index contributed by atoms with van der Waals surface area (Å²) in [5, 5.41) is 17.6. The SMILES string of the molecule is CC(C)(C)c1ccc(N2CCN(c3ccc(C#N)nc3)CC2)nn1. The summed E-state index contributed by atoms with van der Waals surface area (Å²) in [6.07, 6.45) is 1.77. The fourth-order valence-corrected chi connectivity index (χ4v) is 2.73. The molecule has 1 aliphatic rings. The predicted octanol–water partition coefficient (Wildman–Crippen LogP) is 2.37. The molecule has 124 valence electrons. The maximum absolute atomic E-state index is 8.82. The molecule has 0 atom stereocenters. The zero-order chi connectivity index (χ0) is 17.2. The van der Waals surface area contributed by atoms with Gasteiger partial charge in [0, 0.05) is 31.6 Å². The normalized spacial score (nSPS) is 15.2. The van der Waals surface area contributed by atoms with Gasteiger partial charge in [-0.3, -0.25) is 0 Å². The number of nitrogens with zero attached hydrogens (tertiary/aromatic N) is 6. The van der Waals surface area contributed by atoms with Crippen LogP contribution in [0.4, 0.5) is 11.5 Å². The number of nitriles is 1. The number of piperazine rings is 1. The van der Waals surface area contributed by atoms with E-state index in [-0.39, 0.29) is 5.41 Å². The third-order valence-corrected chi connectivity index (χ3v) is 4.25. The fourth-order valence-electron chi connectivity index (χ4n) is 2.73. The van der Waals surface area contributed by atoms with Gasteiger partial charge < -0.3 is 9.80 Å². The molecular formula is C18H22N6. The highest BCUT2D eigenvalue weighted by Crippen LogP contribution is 2.22. The number of hydrogen-bond donors (Lipinski definition) is 0. The van der Waals surface area contributed by atoms with Gasteiger partial charge in [0.1, 0.15) is 11.8 Å². The largest absolute Gasteiger partial charge is 0.367 e. The molecule has 0 saturated carbocycles. The molecule has 3 rings (SSSR count). The van der Waals surface area contributed by atoms with Crippen molar-refractivity contribution >= 4 is 11.5 Å². The lowest BCUT2D eigenvalue weighted by Gasteiger charge is -2.36. The second kappa shape index (κ2) is 6.44. The Kier molecular flexibility index (Phi) is 4.34. The number of rotatable bonds is 2. The van der Waals surface area contributed by atoms with E-state index in [2.05, 4.69) is 57.9 Å². The van der Waals surface area contributed by atoms with Crippen molar-refractivity contribution in [3.63, 3.8) is 0 Å². The highest BCUT2D eigenvalue weighted by atomic mass is 15.3. The molecular weight excluding hydrogens is 300 g/mol. The lowest BCUT2D eigenvalue weighted by atomic mass is 9.92. The van der Waals surface area contributed by atoms with Gasteiger partial charge in [0.2, 0.25) is 0 Å². The first kappa shape index (κ1) is 16.2. The van der Waals surface area contributed by atoms with Crippen molar-refractivity contribution in [1.29, 1.82) is 5.26 Å². The zero-order valence-corrected chi connectivity index (χ0v) is 14.4. The summed E-state index contributed by atoms with van der Waals surface area (Å²) in [5.74, 6) is 0.931. The first-order chi connectivity index (χ1) is 11.5. The Morgan fingerprint density at radius 1 is 0.958 bits per heavy atom. The summed E-state index contributed by atoms with van der Waals surface area (Å²) in [6, 6.07) is 9.90. The van der Waals surface area contributed by atoms with E-state index in [9.17, 15) is 0 Å². The average Bonchev–Trinajstić information content (AvgIpc) is 2.61. The molecule has 1 fully saturated rings. The topological polar surface area (TPSA) is 68.9 Å². The van der Waals surface area contributed by atoms with Crippen molar-refractivity contribution in [1.82, 2.24) is 15.2 Å². The molecule has 24 heavy (non-hydrogen) atoms. The molecule has 6 heteroatoms. The van der Waals surface area contributed by atoms with Crippen LogP contribution in [-0.4, -0.2) is 41.4 Å². The molecule has 0 spiro atoms. The van der Waals surface area contributed by atoms with Crippen LogP contribution in [0.15, 0.2) is 30.5 Å². The van der Waals surface area contributed by atoms with Crippen molar-refractivity contribution in [2.75, 3.05) is 36.0 Å². The Morgan fingerprint density at radius 3 is 2.17 bits per heavy atom. The summed E-state index contributed by atoms with van der Waals surface area (Å²) in [7, 11) is 0. The van der Waals surface area contributed by atoms with Crippen LogP contribution in [0, 0.1) is 11.3 Å². The van der Waals surface area contributed by atoms with Crippen LogP contribution in [0.2, 0.25) is 0 Å². The van der Waals surface area contributed by atoms with Gasteiger partial charge in [0.05, 0.1) is 17.6 Å². The molecule has 1 saturated heterocycles. The Balaban J connectivity index is 1.63. The van der Waals surface area contributed by atoms with Crippen molar-refractivity contribution in [3.8, 4) is 6.07 Å². The van der Waals surface area contributed by atoms with Gasteiger partial charge in [0.25, 0.3) is 0 Å². The number of pyridine rings is 1. The van der Waals surface area contributed by atoms with Gasteiger partial charge in [-0.1, -0.05) is 20.8 Å². The van der Waals surface area contributed by atoms with Gasteiger partial charge in [-0.15, -0.1) is 5.10 Å². The molecule has 0 amide bonds. The molecule has 6 nitrogen and oxygen atoms in total. The van der Waals surface area contributed by atoms with Crippen LogP contribution in [0.1, 0.15) is 32.2 Å². The molecule has 0 radical (unpaired) electrons. The second-order valence-electron chi connectivity index (χ2n) is 7.01. The van der Waals surface area contributed by atoms with E-state index in [0.717, 1.165) is 43.4 Å². The van der Waals surface area contributed by atoms with Gasteiger partial charge in [0.15, 0.2) is 5.82 Å². The summed E-state index contributed by atoms with van der Waals surface area (Å²) in [6.45, 7) is 10.0. The van der Waals surface area contributed by atoms with Gasteiger partial charge in [-0.25, -0.2) is 4.98 Å². The first-order valence-corrected chi connectivity index (χ1v) is 8.17. The molecule has 0 bridgehead atoms. The van der Waals surface area contributed by atoms with Crippen LogP contribution in [0.25, 0.3) is 0 Å². The van der Waals surface area contributed by atoms with Crippen LogP contribution in [-0.2, 0) is 5.41 Å². The molecule has 0 aromatic carbocycles. The van der Waals surface area contributed by atoms with Crippen molar-refractivity contribution in [3.05, 3.63) is 41.9 Å². The number of anilines is 2. The van der Waals surface area contributed by atoms with Crippen molar-refractivity contribution in [2.45, 2.75) is 26.2 Å². The maximum atomic E-state index is 8.82. The van der Waals surface area contributed by atoms with Gasteiger partial charge in [-0.2, -0.15) is 10.4 Å². The number of hydrogen-bond acceptors (Lipinski definition) is 6. The lowest BCUT2D eigenvalue weighted by Crippen LogP contribution is -2.47. The molecule has 1 aliphatic heterocycles. The Morgan fingerprint density at radius 2 is 1.67 bits per heavy atom. The summed E-state index contributed by atoms with van der Waals surface area (Å²) < 4.78 is 0. The quantitative estimate of drug-likeness (QED) is 0.845. The minimum Gasteiger partial charge on any atom is -0.367 e. The van der Waals surface area contributed by atoms with Crippen LogP contribution in [0.5, 0.6) is 0 Å². The monoisotopic (exact) mass is 322 g/mol. The molecule has 0 aliphatic carbocycles. The Labute approximate surface area is 142 Å².